The summed E-state index contributed by atoms with van der Waals surface area (Å²) < 4.78 is 38.4. The van der Waals surface area contributed by atoms with Crippen molar-refractivity contribution in [1.29, 1.82) is 0 Å². The van der Waals surface area contributed by atoms with E-state index in [1.807, 2.05) is 19.1 Å². The summed E-state index contributed by atoms with van der Waals surface area (Å²) in [5.41, 5.74) is 2.10. The third-order valence-corrected chi connectivity index (χ3v) is 7.29. The number of rotatable bonds is 10. The molecular weight excluding hydrogens is 476 g/mol. The van der Waals surface area contributed by atoms with E-state index in [0.717, 1.165) is 15.4 Å². The topological polar surface area (TPSA) is 84.9 Å². The molecule has 0 aromatic heterocycles. The van der Waals surface area contributed by atoms with Crippen molar-refractivity contribution in [3.8, 4) is 11.5 Å². The normalized spacial score (nSPS) is 11.1. The van der Waals surface area contributed by atoms with Gasteiger partial charge < -0.3 is 14.8 Å². The number of benzene rings is 3. The molecule has 0 fully saturated rings. The van der Waals surface area contributed by atoms with Crippen LogP contribution in [0.4, 0.5) is 5.69 Å². The predicted octanol–water partition coefficient (Wildman–Crippen LogP) is 4.22. The van der Waals surface area contributed by atoms with Crippen LogP contribution in [-0.2, 0) is 21.2 Å². The number of amides is 1. The Labute approximate surface area is 205 Å². The van der Waals surface area contributed by atoms with Gasteiger partial charge in [-0.05, 0) is 55.3 Å². The Balaban J connectivity index is 1.76. The van der Waals surface area contributed by atoms with E-state index in [0.29, 0.717) is 24.5 Å². The minimum absolute atomic E-state index is 0.0798. The molecule has 0 unspecified atom stereocenters. The maximum absolute atomic E-state index is 13.4. The van der Waals surface area contributed by atoms with Crippen molar-refractivity contribution < 1.29 is 22.7 Å². The first-order valence-electron chi connectivity index (χ1n) is 10.6. The van der Waals surface area contributed by atoms with Crippen LogP contribution in [0.5, 0.6) is 11.5 Å². The van der Waals surface area contributed by atoms with Crippen LogP contribution >= 0.6 is 11.6 Å². The van der Waals surface area contributed by atoms with Crippen LogP contribution in [0.25, 0.3) is 0 Å². The number of nitrogens with one attached hydrogen (secondary N) is 1. The lowest BCUT2D eigenvalue weighted by Crippen LogP contribution is -2.41. The van der Waals surface area contributed by atoms with Gasteiger partial charge in [-0.15, -0.1) is 0 Å². The van der Waals surface area contributed by atoms with Gasteiger partial charge in [0, 0.05) is 6.54 Å². The van der Waals surface area contributed by atoms with E-state index in [4.69, 9.17) is 21.1 Å². The van der Waals surface area contributed by atoms with Crippen LogP contribution in [0.3, 0.4) is 0 Å². The van der Waals surface area contributed by atoms with Crippen molar-refractivity contribution in [3.05, 3.63) is 82.9 Å². The quantitative estimate of drug-likeness (QED) is 0.448. The van der Waals surface area contributed by atoms with Crippen molar-refractivity contribution in [1.82, 2.24) is 5.32 Å². The van der Waals surface area contributed by atoms with E-state index in [1.54, 1.807) is 56.7 Å². The van der Waals surface area contributed by atoms with Gasteiger partial charge in [-0.25, -0.2) is 8.42 Å². The van der Waals surface area contributed by atoms with E-state index in [2.05, 4.69) is 5.32 Å². The van der Waals surface area contributed by atoms with Gasteiger partial charge in [-0.1, -0.05) is 47.5 Å². The number of methoxy groups -OCH3 is 2. The summed E-state index contributed by atoms with van der Waals surface area (Å²) in [7, 11) is -0.905. The highest BCUT2D eigenvalue weighted by atomic mass is 35.5. The van der Waals surface area contributed by atoms with Gasteiger partial charge in [-0.3, -0.25) is 9.10 Å². The smallest absolute Gasteiger partial charge is 0.264 e. The van der Waals surface area contributed by atoms with Crippen molar-refractivity contribution >= 4 is 33.2 Å². The average molecular weight is 503 g/mol. The number of nitrogens with zero attached hydrogens (tertiary/aromatic N) is 1. The van der Waals surface area contributed by atoms with Gasteiger partial charge in [0.25, 0.3) is 10.0 Å². The SMILES string of the molecule is COc1ccc(CCNC(=O)CN(c2ccccc2Cl)S(=O)(=O)c2ccc(C)cc2)cc1OC. The Kier molecular flexibility index (Phi) is 8.41. The molecule has 1 amide bonds. The van der Waals surface area contributed by atoms with Crippen molar-refractivity contribution in [2.45, 2.75) is 18.2 Å². The molecule has 3 aromatic rings. The maximum Gasteiger partial charge on any atom is 0.264 e. The second kappa shape index (κ2) is 11.3. The van der Waals surface area contributed by atoms with Crippen molar-refractivity contribution in [3.63, 3.8) is 0 Å². The standard InChI is InChI=1S/C25H27ClN2O5S/c1-18-8-11-20(12-9-18)34(30,31)28(22-7-5-4-6-21(22)26)17-25(29)27-15-14-19-10-13-23(32-2)24(16-19)33-3/h4-13,16H,14-15,17H2,1-3H3,(H,27,29). The zero-order valence-electron chi connectivity index (χ0n) is 19.2. The highest BCUT2D eigenvalue weighted by Crippen LogP contribution is 2.30. The molecule has 0 heterocycles. The van der Waals surface area contributed by atoms with Crippen LogP contribution in [0, 0.1) is 6.92 Å². The van der Waals surface area contributed by atoms with Crippen molar-refractivity contribution in [2.75, 3.05) is 31.6 Å². The fourth-order valence-electron chi connectivity index (χ4n) is 3.36. The van der Waals surface area contributed by atoms with E-state index in [1.165, 1.54) is 12.1 Å². The lowest BCUT2D eigenvalue weighted by atomic mass is 10.1. The number of hydrogen-bond acceptors (Lipinski definition) is 5. The summed E-state index contributed by atoms with van der Waals surface area (Å²) in [6, 6.07) is 18.5. The Hall–Kier alpha value is -3.23. The van der Waals surface area contributed by atoms with Crippen LogP contribution in [-0.4, -0.2) is 41.6 Å². The highest BCUT2D eigenvalue weighted by Gasteiger charge is 2.28. The first-order chi connectivity index (χ1) is 16.3. The summed E-state index contributed by atoms with van der Waals surface area (Å²) in [6.07, 6.45) is 0.531. The second-order valence-electron chi connectivity index (χ2n) is 7.57. The lowest BCUT2D eigenvalue weighted by molar-refractivity contribution is -0.119. The number of aryl methyl sites for hydroxylation is 1. The Morgan fingerprint density at radius 1 is 0.971 bits per heavy atom. The zero-order chi connectivity index (χ0) is 24.7. The largest absolute Gasteiger partial charge is 0.493 e. The fourth-order valence-corrected chi connectivity index (χ4v) is 5.09. The predicted molar refractivity (Wildman–Crippen MR) is 133 cm³/mol. The van der Waals surface area contributed by atoms with Gasteiger partial charge in [0.1, 0.15) is 6.54 Å². The summed E-state index contributed by atoms with van der Waals surface area (Å²) in [4.78, 5) is 12.9. The maximum atomic E-state index is 13.4. The number of halogens is 1. The van der Waals surface area contributed by atoms with Crippen LogP contribution in [0.15, 0.2) is 71.6 Å². The molecule has 3 rings (SSSR count). The Morgan fingerprint density at radius 3 is 2.29 bits per heavy atom. The summed E-state index contributed by atoms with van der Waals surface area (Å²) in [6.45, 7) is 1.77. The van der Waals surface area contributed by atoms with Crippen LogP contribution in [0.1, 0.15) is 11.1 Å². The minimum Gasteiger partial charge on any atom is -0.493 e. The average Bonchev–Trinajstić information content (AvgIpc) is 2.83. The number of carbonyl (C=O) groups is 1. The Bertz CT molecular complexity index is 1250. The van der Waals surface area contributed by atoms with E-state index >= 15 is 0 Å². The minimum atomic E-state index is -4.02. The fraction of sp³-hybridized carbons (Fsp3) is 0.240. The summed E-state index contributed by atoms with van der Waals surface area (Å²) in [5.74, 6) is 0.767. The molecule has 0 aliphatic heterocycles. The van der Waals surface area contributed by atoms with Gasteiger partial charge in [0.2, 0.25) is 5.91 Å². The molecule has 0 saturated heterocycles. The van der Waals surface area contributed by atoms with Crippen LogP contribution in [0.2, 0.25) is 5.02 Å². The number of para-hydroxylation sites is 1. The highest BCUT2D eigenvalue weighted by molar-refractivity contribution is 7.92. The molecule has 0 aliphatic rings. The number of anilines is 1. The van der Waals surface area contributed by atoms with E-state index in [-0.39, 0.29) is 15.6 Å². The molecule has 0 atom stereocenters. The number of ether oxygens (including phenoxy) is 2. The molecule has 0 radical (unpaired) electrons. The third-order valence-electron chi connectivity index (χ3n) is 5.20. The van der Waals surface area contributed by atoms with Gasteiger partial charge >= 0.3 is 0 Å². The molecule has 1 N–H and O–H groups in total. The molecule has 0 bridgehead atoms. The Morgan fingerprint density at radius 2 is 1.65 bits per heavy atom. The molecule has 3 aromatic carbocycles. The number of sulfonamides is 1. The number of carbonyl (C=O) groups excluding carboxylic acids is 1. The van der Waals surface area contributed by atoms with Crippen molar-refractivity contribution in [2.24, 2.45) is 0 Å². The van der Waals surface area contributed by atoms with Crippen LogP contribution < -0.4 is 19.1 Å². The monoisotopic (exact) mass is 502 g/mol. The molecule has 0 aliphatic carbocycles. The zero-order valence-corrected chi connectivity index (χ0v) is 20.8. The van der Waals surface area contributed by atoms with Gasteiger partial charge in [0.15, 0.2) is 11.5 Å². The molecule has 0 saturated carbocycles. The molecule has 180 valence electrons. The van der Waals surface area contributed by atoms with E-state index in [9.17, 15) is 13.2 Å². The molecule has 9 heteroatoms. The first-order valence-corrected chi connectivity index (χ1v) is 12.4. The molecular formula is C25H27ClN2O5S. The molecule has 34 heavy (non-hydrogen) atoms. The lowest BCUT2D eigenvalue weighted by Gasteiger charge is -2.25. The van der Waals surface area contributed by atoms with Gasteiger partial charge in [-0.2, -0.15) is 0 Å². The second-order valence-corrected chi connectivity index (χ2v) is 9.83. The molecule has 7 nitrogen and oxygen atoms in total. The summed E-state index contributed by atoms with van der Waals surface area (Å²) in [5, 5.41) is 3.02. The van der Waals surface area contributed by atoms with Gasteiger partial charge in [0.05, 0.1) is 29.8 Å². The molecule has 0 spiro atoms. The first kappa shape index (κ1) is 25.4. The number of hydrogen-bond donors (Lipinski definition) is 1. The third kappa shape index (κ3) is 6.01. The summed E-state index contributed by atoms with van der Waals surface area (Å²) >= 11 is 6.30. The van der Waals surface area contributed by atoms with E-state index < -0.39 is 22.5 Å².